The highest BCUT2D eigenvalue weighted by Gasteiger charge is 2.36. The average molecular weight is 754 g/mol. The van der Waals surface area contributed by atoms with Crippen LogP contribution in [0.25, 0.3) is 100 Å². The van der Waals surface area contributed by atoms with Gasteiger partial charge in [0.1, 0.15) is 0 Å². The molecule has 0 bridgehead atoms. The lowest BCUT2D eigenvalue weighted by atomic mass is 9.82. The minimum Gasteiger partial charge on any atom is -0.248 e. The summed E-state index contributed by atoms with van der Waals surface area (Å²) in [7, 11) is 0. The van der Waals surface area contributed by atoms with Crippen LogP contribution in [-0.2, 0) is 5.41 Å². The van der Waals surface area contributed by atoms with Crippen LogP contribution in [-0.4, -0.2) is 15.0 Å². The molecule has 8 aromatic carbocycles. The molecule has 1 aliphatic carbocycles. The molecule has 0 amide bonds. The molecular weight excluding hydrogens is 715 g/mol. The lowest BCUT2D eigenvalue weighted by Gasteiger charge is -2.22. The molecule has 0 fully saturated rings. The Labute approximate surface area is 344 Å². The summed E-state index contributed by atoms with van der Waals surface area (Å²) in [5.41, 5.74) is 17.9. The summed E-state index contributed by atoms with van der Waals surface area (Å²) in [6, 6.07) is 71.3. The Morgan fingerprint density at radius 2 is 0.814 bits per heavy atom. The van der Waals surface area contributed by atoms with Gasteiger partial charge in [-0.3, -0.25) is 0 Å². The fraction of sp³-hybridized carbons (Fsp3) is 0.0536. The van der Waals surface area contributed by atoms with Gasteiger partial charge in [-0.2, -0.15) is 0 Å². The van der Waals surface area contributed by atoms with E-state index >= 15 is 0 Å². The van der Waals surface area contributed by atoms with Crippen molar-refractivity contribution < 1.29 is 0 Å². The highest BCUT2D eigenvalue weighted by Crippen LogP contribution is 2.51. The molecule has 2 heterocycles. The van der Waals surface area contributed by atoms with E-state index in [4.69, 9.17) is 15.0 Å². The largest absolute Gasteiger partial charge is 0.248 e. The number of pyridine rings is 1. The Bertz CT molecular complexity index is 3150. The van der Waals surface area contributed by atoms with Gasteiger partial charge in [-0.15, -0.1) is 0 Å². The molecule has 0 aliphatic heterocycles. The summed E-state index contributed by atoms with van der Waals surface area (Å²) < 4.78 is 0. The minimum absolute atomic E-state index is 0.115. The maximum absolute atomic E-state index is 5.35. The Morgan fingerprint density at radius 1 is 0.305 bits per heavy atom. The van der Waals surface area contributed by atoms with Gasteiger partial charge in [0.2, 0.25) is 0 Å². The van der Waals surface area contributed by atoms with E-state index in [1.165, 1.54) is 49.7 Å². The van der Waals surface area contributed by atoms with Gasteiger partial charge in [0, 0.05) is 33.1 Å². The first-order valence-corrected chi connectivity index (χ1v) is 20.3. The molecular formula is C56H39N3. The summed E-state index contributed by atoms with van der Waals surface area (Å²) in [5, 5.41) is 3.56. The zero-order valence-corrected chi connectivity index (χ0v) is 32.9. The smallest absolute Gasteiger partial charge is 0.160 e. The van der Waals surface area contributed by atoms with Crippen molar-refractivity contribution in [2.75, 3.05) is 0 Å². The van der Waals surface area contributed by atoms with E-state index < -0.39 is 0 Å². The Morgan fingerprint density at radius 3 is 1.44 bits per heavy atom. The van der Waals surface area contributed by atoms with E-state index in [1.54, 1.807) is 0 Å². The van der Waals surface area contributed by atoms with Crippen LogP contribution in [0, 0.1) is 0 Å². The Balaban J connectivity index is 1.05. The lowest BCUT2D eigenvalue weighted by molar-refractivity contribution is 0.661. The highest BCUT2D eigenvalue weighted by molar-refractivity contribution is 6.11. The number of hydrogen-bond acceptors (Lipinski definition) is 3. The number of benzene rings is 8. The van der Waals surface area contributed by atoms with E-state index in [0.717, 1.165) is 55.8 Å². The predicted molar refractivity (Wildman–Crippen MR) is 245 cm³/mol. The number of hydrogen-bond donors (Lipinski definition) is 0. The standard InChI is InChI=1S/C56H39N3/c1-56(2)49-25-15-14-24-45(49)47-32-48-46(33-51(37-16-6-3-7-17-37)57-54(48)34-50(47)56)44-31-30-41(42-22-12-13-23-43(42)44)36-26-28-40(29-27-36)55-58-52(38-18-8-4-9-19-38)35-53(59-55)39-20-10-5-11-21-39/h3-35H,1-2H3. The SMILES string of the molecule is CC1(C)c2ccccc2-c2cc3c(-c4ccc(-c5ccc(-c6nc(-c7ccccc7)cc(-c7ccccc7)n6)cc5)c5ccccc45)cc(-c4ccccc4)nc3cc21. The Kier molecular flexibility index (Phi) is 8.16. The average Bonchev–Trinajstić information content (AvgIpc) is 3.53. The van der Waals surface area contributed by atoms with Gasteiger partial charge >= 0.3 is 0 Å². The van der Waals surface area contributed by atoms with Gasteiger partial charge in [-0.25, -0.2) is 15.0 Å². The van der Waals surface area contributed by atoms with E-state index in [1.807, 2.05) is 12.1 Å². The molecule has 10 aromatic rings. The molecule has 1 aliphatic rings. The van der Waals surface area contributed by atoms with E-state index in [-0.39, 0.29) is 5.41 Å². The summed E-state index contributed by atoms with van der Waals surface area (Å²) >= 11 is 0. The molecule has 3 nitrogen and oxygen atoms in total. The number of aromatic nitrogens is 3. The molecule has 0 saturated carbocycles. The van der Waals surface area contributed by atoms with Crippen molar-refractivity contribution in [3.05, 3.63) is 211 Å². The second kappa shape index (κ2) is 13.9. The van der Waals surface area contributed by atoms with Crippen molar-refractivity contribution in [1.29, 1.82) is 0 Å². The number of nitrogens with zero attached hydrogens (tertiary/aromatic N) is 3. The summed E-state index contributed by atoms with van der Waals surface area (Å²) in [4.78, 5) is 15.5. The first-order valence-electron chi connectivity index (χ1n) is 20.3. The van der Waals surface area contributed by atoms with Gasteiger partial charge in [-0.05, 0) is 79.5 Å². The van der Waals surface area contributed by atoms with Gasteiger partial charge in [0.25, 0.3) is 0 Å². The van der Waals surface area contributed by atoms with E-state index in [9.17, 15) is 0 Å². The monoisotopic (exact) mass is 753 g/mol. The van der Waals surface area contributed by atoms with Crippen molar-refractivity contribution in [2.24, 2.45) is 0 Å². The van der Waals surface area contributed by atoms with Crippen LogP contribution in [0.4, 0.5) is 0 Å². The van der Waals surface area contributed by atoms with Crippen LogP contribution in [0.3, 0.4) is 0 Å². The van der Waals surface area contributed by atoms with Crippen LogP contribution in [0.2, 0.25) is 0 Å². The quantitative estimate of drug-likeness (QED) is 0.170. The Hall–Kier alpha value is -7.49. The van der Waals surface area contributed by atoms with Crippen molar-refractivity contribution >= 4 is 21.7 Å². The second-order valence-electron chi connectivity index (χ2n) is 16.0. The van der Waals surface area contributed by atoms with Crippen LogP contribution in [0.15, 0.2) is 200 Å². The molecule has 11 rings (SSSR count). The van der Waals surface area contributed by atoms with Crippen LogP contribution < -0.4 is 0 Å². The molecule has 2 aromatic heterocycles. The third-order valence-corrected chi connectivity index (χ3v) is 12.1. The van der Waals surface area contributed by atoms with E-state index in [0.29, 0.717) is 5.82 Å². The molecule has 59 heavy (non-hydrogen) atoms. The molecule has 278 valence electrons. The van der Waals surface area contributed by atoms with Crippen molar-refractivity contribution in [1.82, 2.24) is 15.0 Å². The first kappa shape index (κ1) is 34.7. The third-order valence-electron chi connectivity index (χ3n) is 12.1. The maximum Gasteiger partial charge on any atom is 0.160 e. The third kappa shape index (κ3) is 5.94. The lowest BCUT2D eigenvalue weighted by Crippen LogP contribution is -2.14. The van der Waals surface area contributed by atoms with Gasteiger partial charge in [-0.1, -0.05) is 190 Å². The first-order chi connectivity index (χ1) is 29.0. The van der Waals surface area contributed by atoms with Gasteiger partial charge < -0.3 is 0 Å². The molecule has 3 heteroatoms. The van der Waals surface area contributed by atoms with Crippen molar-refractivity contribution in [2.45, 2.75) is 19.3 Å². The summed E-state index contributed by atoms with van der Waals surface area (Å²) in [5.74, 6) is 0.702. The van der Waals surface area contributed by atoms with Crippen molar-refractivity contribution in [3.63, 3.8) is 0 Å². The maximum atomic E-state index is 5.35. The van der Waals surface area contributed by atoms with Gasteiger partial charge in [0.15, 0.2) is 5.82 Å². The topological polar surface area (TPSA) is 38.7 Å². The fourth-order valence-electron chi connectivity index (χ4n) is 9.08. The second-order valence-corrected chi connectivity index (χ2v) is 16.0. The normalized spacial score (nSPS) is 12.7. The van der Waals surface area contributed by atoms with Crippen LogP contribution >= 0.6 is 0 Å². The predicted octanol–water partition coefficient (Wildman–Crippen LogP) is 14.5. The zero-order valence-electron chi connectivity index (χ0n) is 32.9. The van der Waals surface area contributed by atoms with Crippen LogP contribution in [0.1, 0.15) is 25.0 Å². The number of rotatable bonds is 6. The van der Waals surface area contributed by atoms with Gasteiger partial charge in [0.05, 0.1) is 22.6 Å². The highest BCUT2D eigenvalue weighted by atomic mass is 14.9. The molecule has 0 saturated heterocycles. The van der Waals surface area contributed by atoms with Crippen LogP contribution in [0.5, 0.6) is 0 Å². The minimum atomic E-state index is -0.115. The van der Waals surface area contributed by atoms with Crippen molar-refractivity contribution in [3.8, 4) is 78.5 Å². The van der Waals surface area contributed by atoms with E-state index in [2.05, 4.69) is 202 Å². The number of fused-ring (bicyclic) bond motifs is 5. The zero-order chi connectivity index (χ0) is 39.5. The summed E-state index contributed by atoms with van der Waals surface area (Å²) in [6.07, 6.45) is 0. The molecule has 0 atom stereocenters. The molecule has 0 N–H and O–H groups in total. The fourth-order valence-corrected chi connectivity index (χ4v) is 9.08. The molecule has 0 radical (unpaired) electrons. The summed E-state index contributed by atoms with van der Waals surface area (Å²) in [6.45, 7) is 4.67. The molecule has 0 unspecified atom stereocenters. The molecule has 0 spiro atoms.